The van der Waals surface area contributed by atoms with Crippen LogP contribution in [0.15, 0.2) is 40.9 Å². The number of halogens is 2. The molecule has 2 aromatic carbocycles. The Bertz CT molecular complexity index is 688. The first kappa shape index (κ1) is 15.9. The van der Waals surface area contributed by atoms with E-state index in [1.165, 1.54) is 0 Å². The van der Waals surface area contributed by atoms with Crippen molar-refractivity contribution in [1.29, 1.82) is 0 Å². The van der Waals surface area contributed by atoms with Crippen molar-refractivity contribution >= 4 is 39.2 Å². The minimum atomic E-state index is -0.927. The van der Waals surface area contributed by atoms with Crippen molar-refractivity contribution in [3.63, 3.8) is 0 Å². The predicted molar refractivity (Wildman–Crippen MR) is 89.1 cm³/mol. The van der Waals surface area contributed by atoms with Crippen LogP contribution in [0.5, 0.6) is 0 Å². The van der Waals surface area contributed by atoms with Crippen LogP contribution in [0.25, 0.3) is 0 Å². The first-order valence-corrected chi connectivity index (χ1v) is 7.57. The Hall–Kier alpha value is -1.52. The van der Waals surface area contributed by atoms with Crippen LogP contribution >= 0.6 is 27.5 Å². The van der Waals surface area contributed by atoms with Gasteiger partial charge in [-0.2, -0.15) is 0 Å². The Labute approximate surface area is 137 Å². The molecule has 21 heavy (non-hydrogen) atoms. The minimum Gasteiger partial charge on any atom is -0.479 e. The molecular weight excluding hydrogens is 354 g/mol. The number of aliphatic carboxylic acids is 1. The van der Waals surface area contributed by atoms with Crippen LogP contribution in [-0.2, 0) is 4.79 Å². The van der Waals surface area contributed by atoms with Crippen molar-refractivity contribution in [1.82, 2.24) is 0 Å². The van der Waals surface area contributed by atoms with Crippen LogP contribution in [0.4, 0.5) is 5.69 Å². The summed E-state index contributed by atoms with van der Waals surface area (Å²) in [5.74, 6) is -0.927. The van der Waals surface area contributed by atoms with Gasteiger partial charge < -0.3 is 10.4 Å². The van der Waals surface area contributed by atoms with E-state index in [1.54, 1.807) is 18.2 Å². The van der Waals surface area contributed by atoms with Crippen LogP contribution < -0.4 is 5.32 Å². The Morgan fingerprint density at radius 2 is 1.90 bits per heavy atom. The third-order valence-electron chi connectivity index (χ3n) is 3.34. The average molecular weight is 369 g/mol. The van der Waals surface area contributed by atoms with Gasteiger partial charge in [-0.25, -0.2) is 4.79 Å². The second kappa shape index (κ2) is 6.50. The zero-order valence-corrected chi connectivity index (χ0v) is 14.0. The second-order valence-corrected chi connectivity index (χ2v) is 6.15. The highest BCUT2D eigenvalue weighted by atomic mass is 79.9. The minimum absolute atomic E-state index is 0.582. The van der Waals surface area contributed by atoms with Crippen molar-refractivity contribution in [2.45, 2.75) is 19.9 Å². The van der Waals surface area contributed by atoms with Gasteiger partial charge in [0.15, 0.2) is 6.04 Å². The summed E-state index contributed by atoms with van der Waals surface area (Å²) in [4.78, 5) is 11.6. The molecule has 5 heteroatoms. The number of benzene rings is 2. The zero-order chi connectivity index (χ0) is 15.6. The fraction of sp³-hybridized carbons (Fsp3) is 0.188. The molecule has 0 aliphatic heterocycles. The summed E-state index contributed by atoms with van der Waals surface area (Å²) in [6.07, 6.45) is 0. The Morgan fingerprint density at radius 1 is 1.19 bits per heavy atom. The van der Waals surface area contributed by atoms with E-state index in [2.05, 4.69) is 21.2 Å². The number of nitrogens with one attached hydrogen (secondary N) is 1. The van der Waals surface area contributed by atoms with Gasteiger partial charge in [0, 0.05) is 10.2 Å². The first-order valence-electron chi connectivity index (χ1n) is 6.40. The molecular formula is C16H15BrClNO2. The SMILES string of the molecule is Cc1ccc(C(Nc2ccc(Cl)c(Br)c2)C(=O)O)cc1C. The van der Waals surface area contributed by atoms with E-state index >= 15 is 0 Å². The summed E-state index contributed by atoms with van der Waals surface area (Å²) in [6.45, 7) is 3.97. The van der Waals surface area contributed by atoms with E-state index in [-0.39, 0.29) is 0 Å². The van der Waals surface area contributed by atoms with Gasteiger partial charge in [-0.05, 0) is 64.7 Å². The molecule has 0 aliphatic rings. The monoisotopic (exact) mass is 367 g/mol. The topological polar surface area (TPSA) is 49.3 Å². The number of carboxylic acid groups (broad SMARTS) is 1. The molecule has 3 nitrogen and oxygen atoms in total. The lowest BCUT2D eigenvalue weighted by molar-refractivity contribution is -0.138. The van der Waals surface area contributed by atoms with Crippen molar-refractivity contribution in [3.05, 3.63) is 62.6 Å². The Kier molecular flexibility index (Phi) is 4.91. The smallest absolute Gasteiger partial charge is 0.330 e. The summed E-state index contributed by atoms with van der Waals surface area (Å²) in [5, 5.41) is 13.1. The van der Waals surface area contributed by atoms with Crippen molar-refractivity contribution < 1.29 is 9.90 Å². The lowest BCUT2D eigenvalue weighted by Gasteiger charge is -2.17. The van der Waals surface area contributed by atoms with Gasteiger partial charge in [0.05, 0.1) is 5.02 Å². The highest BCUT2D eigenvalue weighted by Crippen LogP contribution is 2.28. The number of hydrogen-bond donors (Lipinski definition) is 2. The van der Waals surface area contributed by atoms with E-state index in [0.29, 0.717) is 10.7 Å². The van der Waals surface area contributed by atoms with E-state index in [4.69, 9.17) is 11.6 Å². The third kappa shape index (κ3) is 3.77. The van der Waals surface area contributed by atoms with E-state index < -0.39 is 12.0 Å². The fourth-order valence-electron chi connectivity index (χ4n) is 1.98. The molecule has 0 saturated heterocycles. The molecule has 2 aromatic rings. The van der Waals surface area contributed by atoms with Crippen molar-refractivity contribution in [2.75, 3.05) is 5.32 Å². The molecule has 2 N–H and O–H groups in total. The number of rotatable bonds is 4. The molecule has 0 amide bonds. The molecule has 0 fully saturated rings. The van der Waals surface area contributed by atoms with Gasteiger partial charge in [-0.1, -0.05) is 29.8 Å². The van der Waals surface area contributed by atoms with Crippen LogP contribution in [0, 0.1) is 13.8 Å². The van der Waals surface area contributed by atoms with E-state index in [0.717, 1.165) is 21.2 Å². The largest absolute Gasteiger partial charge is 0.479 e. The van der Waals surface area contributed by atoms with Gasteiger partial charge in [-0.3, -0.25) is 0 Å². The van der Waals surface area contributed by atoms with E-state index in [1.807, 2.05) is 32.0 Å². The quantitative estimate of drug-likeness (QED) is 0.802. The molecule has 0 aromatic heterocycles. The lowest BCUT2D eigenvalue weighted by atomic mass is 10.0. The Balaban J connectivity index is 2.32. The molecule has 2 rings (SSSR count). The maximum atomic E-state index is 11.6. The van der Waals surface area contributed by atoms with Crippen molar-refractivity contribution in [3.8, 4) is 0 Å². The molecule has 0 aliphatic carbocycles. The standard InChI is InChI=1S/C16H15BrClNO2/c1-9-3-4-11(7-10(9)2)15(16(20)21)19-12-5-6-14(18)13(17)8-12/h3-8,15,19H,1-2H3,(H,20,21). The lowest BCUT2D eigenvalue weighted by Crippen LogP contribution is -2.20. The number of carbonyl (C=O) groups is 1. The zero-order valence-electron chi connectivity index (χ0n) is 11.7. The summed E-state index contributed by atoms with van der Waals surface area (Å²) in [5.41, 5.74) is 3.61. The molecule has 1 unspecified atom stereocenters. The highest BCUT2D eigenvalue weighted by molar-refractivity contribution is 9.10. The molecule has 0 bridgehead atoms. The molecule has 1 atom stereocenters. The summed E-state index contributed by atoms with van der Waals surface area (Å²) < 4.78 is 0.721. The van der Waals surface area contributed by atoms with Gasteiger partial charge >= 0.3 is 5.97 Å². The van der Waals surface area contributed by atoms with Gasteiger partial charge in [-0.15, -0.1) is 0 Å². The number of anilines is 1. The van der Waals surface area contributed by atoms with Gasteiger partial charge in [0.25, 0.3) is 0 Å². The molecule has 0 saturated carbocycles. The number of hydrogen-bond acceptors (Lipinski definition) is 2. The number of aryl methyl sites for hydroxylation is 2. The van der Waals surface area contributed by atoms with Gasteiger partial charge in [0.1, 0.15) is 0 Å². The van der Waals surface area contributed by atoms with Crippen LogP contribution in [0.2, 0.25) is 5.02 Å². The summed E-state index contributed by atoms with van der Waals surface area (Å²) in [6, 6.07) is 10.1. The van der Waals surface area contributed by atoms with Crippen LogP contribution in [-0.4, -0.2) is 11.1 Å². The summed E-state index contributed by atoms with van der Waals surface area (Å²) in [7, 11) is 0. The molecule has 0 heterocycles. The third-order valence-corrected chi connectivity index (χ3v) is 4.56. The maximum Gasteiger partial charge on any atom is 0.330 e. The maximum absolute atomic E-state index is 11.6. The molecule has 110 valence electrons. The Morgan fingerprint density at radius 3 is 2.48 bits per heavy atom. The van der Waals surface area contributed by atoms with Crippen molar-refractivity contribution in [2.24, 2.45) is 0 Å². The normalized spacial score (nSPS) is 12.0. The molecule has 0 radical (unpaired) electrons. The average Bonchev–Trinajstić information content (AvgIpc) is 2.43. The molecule has 0 spiro atoms. The first-order chi connectivity index (χ1) is 9.88. The fourth-order valence-corrected chi connectivity index (χ4v) is 2.48. The predicted octanol–water partition coefficient (Wildman–Crippen LogP) is 4.96. The summed E-state index contributed by atoms with van der Waals surface area (Å²) >= 11 is 9.28. The van der Waals surface area contributed by atoms with E-state index in [9.17, 15) is 9.90 Å². The highest BCUT2D eigenvalue weighted by Gasteiger charge is 2.20. The van der Waals surface area contributed by atoms with Crippen LogP contribution in [0.3, 0.4) is 0 Å². The van der Waals surface area contributed by atoms with Crippen LogP contribution in [0.1, 0.15) is 22.7 Å². The number of carboxylic acids is 1. The van der Waals surface area contributed by atoms with Gasteiger partial charge in [0.2, 0.25) is 0 Å². The second-order valence-electron chi connectivity index (χ2n) is 4.89.